The van der Waals surface area contributed by atoms with E-state index < -0.39 is 13.9 Å². The lowest BCUT2D eigenvalue weighted by Gasteiger charge is -2.36. The van der Waals surface area contributed by atoms with E-state index in [9.17, 15) is 5.11 Å². The molecule has 3 rings (SSSR count). The number of benzene rings is 3. The Morgan fingerprint density at radius 2 is 1.00 bits per heavy atom. The molecule has 1 atom stereocenters. The fourth-order valence-corrected chi connectivity index (χ4v) is 8.43. The Morgan fingerprint density at radius 1 is 0.600 bits per heavy atom. The largest absolute Gasteiger partial charge is 0.414 e. The van der Waals surface area contributed by atoms with Crippen molar-refractivity contribution in [1.82, 2.24) is 0 Å². The van der Waals surface area contributed by atoms with Crippen molar-refractivity contribution < 1.29 is 14.3 Å². The van der Waals surface area contributed by atoms with Crippen molar-refractivity contribution in [1.29, 1.82) is 0 Å². The van der Waals surface area contributed by atoms with Crippen LogP contribution in [0.5, 0.6) is 0 Å². The Bertz CT molecular complexity index is 932. The number of hydrogen-bond donors (Lipinski definition) is 1. The monoisotopic (exact) mass is 560 g/mol. The van der Waals surface area contributed by atoms with E-state index in [1.165, 1.54) is 32.1 Å². The van der Waals surface area contributed by atoms with Gasteiger partial charge in [0.1, 0.15) is 5.60 Å². The standard InChI is InChI=1S/C36H52O3Si/c1-4-40(5-2,6-3)39-31-35(37)29-21-10-8-7-9-11-22-30-38-36(32-23-15-12-16-24-32,33-25-17-13-18-26-33)34-27-19-14-20-28-34/h12-20,23-28,35,37H,4-11,21-22,29-31H2,1-3H3. The van der Waals surface area contributed by atoms with Crippen LogP contribution in [0, 0.1) is 0 Å². The van der Waals surface area contributed by atoms with Gasteiger partial charge in [0.2, 0.25) is 0 Å². The van der Waals surface area contributed by atoms with Crippen molar-refractivity contribution in [3.8, 4) is 0 Å². The molecular weight excluding hydrogens is 508 g/mol. The number of aliphatic hydroxyl groups excluding tert-OH is 1. The maximum absolute atomic E-state index is 10.4. The lowest BCUT2D eigenvalue weighted by Crippen LogP contribution is -2.38. The number of unbranched alkanes of at least 4 members (excludes halogenated alkanes) is 6. The first-order valence-corrected chi connectivity index (χ1v) is 18.3. The maximum atomic E-state index is 10.4. The van der Waals surface area contributed by atoms with Crippen LogP contribution in [-0.4, -0.2) is 32.7 Å². The van der Waals surface area contributed by atoms with Crippen LogP contribution in [0.4, 0.5) is 0 Å². The van der Waals surface area contributed by atoms with Crippen LogP contribution in [0.15, 0.2) is 91.0 Å². The van der Waals surface area contributed by atoms with E-state index in [1.807, 2.05) is 0 Å². The molecule has 0 bridgehead atoms. The quantitative estimate of drug-likeness (QED) is 0.0849. The Balaban J connectivity index is 1.43. The van der Waals surface area contributed by atoms with Gasteiger partial charge in [0.05, 0.1) is 12.7 Å². The van der Waals surface area contributed by atoms with Gasteiger partial charge >= 0.3 is 0 Å². The van der Waals surface area contributed by atoms with Crippen LogP contribution in [0.3, 0.4) is 0 Å². The van der Waals surface area contributed by atoms with Crippen molar-refractivity contribution in [3.05, 3.63) is 108 Å². The highest BCUT2D eigenvalue weighted by Gasteiger charge is 2.37. The smallest absolute Gasteiger partial charge is 0.192 e. The van der Waals surface area contributed by atoms with Gasteiger partial charge in [-0.2, -0.15) is 0 Å². The maximum Gasteiger partial charge on any atom is 0.192 e. The topological polar surface area (TPSA) is 38.7 Å². The summed E-state index contributed by atoms with van der Waals surface area (Å²) in [4.78, 5) is 0. The molecule has 0 heterocycles. The molecule has 0 saturated heterocycles. The summed E-state index contributed by atoms with van der Waals surface area (Å²) in [6, 6.07) is 35.3. The number of aliphatic hydroxyl groups is 1. The van der Waals surface area contributed by atoms with Crippen LogP contribution in [-0.2, 0) is 14.8 Å². The van der Waals surface area contributed by atoms with Gasteiger partial charge in [-0.15, -0.1) is 0 Å². The van der Waals surface area contributed by atoms with E-state index in [0.29, 0.717) is 13.2 Å². The van der Waals surface area contributed by atoms with Gasteiger partial charge in [-0.1, -0.05) is 150 Å². The molecule has 0 aromatic heterocycles. The van der Waals surface area contributed by atoms with Crippen molar-refractivity contribution in [2.24, 2.45) is 0 Å². The molecule has 0 spiro atoms. The fraction of sp³-hybridized carbons (Fsp3) is 0.500. The zero-order valence-corrected chi connectivity index (χ0v) is 26.2. The predicted molar refractivity (Wildman–Crippen MR) is 171 cm³/mol. The van der Waals surface area contributed by atoms with Crippen molar-refractivity contribution in [3.63, 3.8) is 0 Å². The second kappa shape index (κ2) is 17.5. The molecule has 3 aromatic rings. The highest BCUT2D eigenvalue weighted by atomic mass is 28.4. The fourth-order valence-electron chi connectivity index (χ4n) is 5.77. The highest BCUT2D eigenvalue weighted by Crippen LogP contribution is 2.40. The Labute approximate surface area is 245 Å². The molecule has 0 radical (unpaired) electrons. The Morgan fingerprint density at radius 3 is 1.43 bits per heavy atom. The van der Waals surface area contributed by atoms with Gasteiger partial charge in [0, 0.05) is 6.61 Å². The van der Waals surface area contributed by atoms with Crippen molar-refractivity contribution in [2.75, 3.05) is 13.2 Å². The highest BCUT2D eigenvalue weighted by molar-refractivity contribution is 6.73. The second-order valence-electron chi connectivity index (χ2n) is 11.1. The molecule has 4 heteroatoms. The Hall–Kier alpha value is -2.24. The van der Waals surface area contributed by atoms with Gasteiger partial charge in [0.15, 0.2) is 8.32 Å². The first-order chi connectivity index (χ1) is 19.6. The van der Waals surface area contributed by atoms with Crippen LogP contribution in [0.25, 0.3) is 0 Å². The van der Waals surface area contributed by atoms with E-state index in [2.05, 4.69) is 112 Å². The molecule has 0 fully saturated rings. The zero-order chi connectivity index (χ0) is 28.5. The molecule has 0 saturated carbocycles. The van der Waals surface area contributed by atoms with Gasteiger partial charge in [0.25, 0.3) is 0 Å². The minimum atomic E-state index is -1.60. The average Bonchev–Trinajstić information content (AvgIpc) is 3.02. The van der Waals surface area contributed by atoms with E-state index in [4.69, 9.17) is 9.16 Å². The third kappa shape index (κ3) is 9.14. The zero-order valence-electron chi connectivity index (χ0n) is 25.2. The van der Waals surface area contributed by atoms with E-state index in [1.54, 1.807) is 0 Å². The molecular formula is C36H52O3Si. The lowest BCUT2D eigenvalue weighted by atomic mass is 9.80. The minimum Gasteiger partial charge on any atom is -0.414 e. The van der Waals surface area contributed by atoms with E-state index >= 15 is 0 Å². The van der Waals surface area contributed by atoms with Crippen LogP contribution < -0.4 is 0 Å². The third-order valence-corrected chi connectivity index (χ3v) is 13.2. The molecule has 3 nitrogen and oxygen atoms in total. The SMILES string of the molecule is CC[Si](CC)(CC)OCC(O)CCCCCCCCCOC(c1ccccc1)(c1ccccc1)c1ccccc1. The van der Waals surface area contributed by atoms with Gasteiger partial charge in [-0.05, 0) is 47.7 Å². The van der Waals surface area contributed by atoms with Crippen molar-refractivity contribution >= 4 is 8.32 Å². The van der Waals surface area contributed by atoms with Crippen molar-refractivity contribution in [2.45, 2.75) is 102 Å². The molecule has 40 heavy (non-hydrogen) atoms. The molecule has 3 aromatic carbocycles. The second-order valence-corrected chi connectivity index (χ2v) is 15.9. The molecule has 0 aliphatic carbocycles. The normalized spacial score (nSPS) is 12.9. The number of ether oxygens (including phenoxy) is 1. The van der Waals surface area contributed by atoms with Gasteiger partial charge in [-0.25, -0.2) is 0 Å². The molecule has 0 amide bonds. The average molecular weight is 561 g/mol. The van der Waals surface area contributed by atoms with E-state index in [0.717, 1.165) is 54.1 Å². The summed E-state index contributed by atoms with van der Waals surface area (Å²) in [6.45, 7) is 7.96. The lowest BCUT2D eigenvalue weighted by molar-refractivity contribution is 0.0106. The minimum absolute atomic E-state index is 0.312. The molecule has 1 unspecified atom stereocenters. The molecule has 0 aliphatic heterocycles. The first kappa shape index (κ1) is 32.3. The number of hydrogen-bond acceptors (Lipinski definition) is 3. The van der Waals surface area contributed by atoms with Crippen LogP contribution >= 0.6 is 0 Å². The Kier molecular flexibility index (Phi) is 14.2. The predicted octanol–water partition coefficient (Wildman–Crippen LogP) is 9.50. The summed E-state index contributed by atoms with van der Waals surface area (Å²) in [5.74, 6) is 0. The van der Waals surface area contributed by atoms with Crippen LogP contribution in [0.2, 0.25) is 18.1 Å². The third-order valence-electron chi connectivity index (χ3n) is 8.56. The number of rotatable bonds is 20. The summed E-state index contributed by atoms with van der Waals surface area (Å²) in [5, 5.41) is 10.4. The first-order valence-electron chi connectivity index (χ1n) is 15.7. The molecule has 1 N–H and O–H groups in total. The summed E-state index contributed by atoms with van der Waals surface area (Å²) in [7, 11) is -1.60. The summed E-state index contributed by atoms with van der Waals surface area (Å²) >= 11 is 0. The summed E-state index contributed by atoms with van der Waals surface area (Å²) < 4.78 is 13.2. The van der Waals surface area contributed by atoms with Gasteiger partial charge < -0.3 is 14.3 Å². The van der Waals surface area contributed by atoms with E-state index in [-0.39, 0.29) is 6.10 Å². The van der Waals surface area contributed by atoms with Gasteiger partial charge in [-0.3, -0.25) is 0 Å². The molecule has 218 valence electrons. The molecule has 0 aliphatic rings. The van der Waals surface area contributed by atoms with Crippen LogP contribution in [0.1, 0.15) is 88.8 Å². The summed E-state index contributed by atoms with van der Waals surface area (Å²) in [6.07, 6.45) is 8.72. The summed E-state index contributed by atoms with van der Waals surface area (Å²) in [5.41, 5.74) is 2.85.